The lowest BCUT2D eigenvalue weighted by Crippen LogP contribution is -2.28. The molecular weight excluding hydrogens is 420 g/mol. The van der Waals surface area contributed by atoms with Gasteiger partial charge in [0, 0.05) is 17.2 Å². The van der Waals surface area contributed by atoms with Crippen molar-refractivity contribution in [2.24, 2.45) is 0 Å². The molecule has 140 valence electrons. The lowest BCUT2D eigenvalue weighted by atomic mass is 10.3. The summed E-state index contributed by atoms with van der Waals surface area (Å²) in [5.74, 6) is 0.340. The van der Waals surface area contributed by atoms with Crippen molar-refractivity contribution < 1.29 is 14.5 Å². The van der Waals surface area contributed by atoms with E-state index in [0.29, 0.717) is 12.3 Å². The zero-order chi connectivity index (χ0) is 19.2. The highest BCUT2D eigenvalue weighted by atomic mass is 79.9. The van der Waals surface area contributed by atoms with Gasteiger partial charge in [-0.25, -0.2) is 4.68 Å². The number of nitrogens with one attached hydrogen (secondary N) is 1. The Hall–Kier alpha value is -3.21. The largest absolute Gasteiger partial charge is 0.471 e. The minimum atomic E-state index is -0.523. The Balaban J connectivity index is 1.46. The van der Waals surface area contributed by atoms with Gasteiger partial charge in [-0.3, -0.25) is 19.6 Å². The molecule has 3 aromatic rings. The molecule has 0 fully saturated rings. The van der Waals surface area contributed by atoms with Crippen molar-refractivity contribution in [2.75, 3.05) is 6.54 Å². The topological polar surface area (TPSA) is 117 Å². The second-order valence-corrected chi connectivity index (χ2v) is 6.36. The quantitative estimate of drug-likeness (QED) is 0.428. The van der Waals surface area contributed by atoms with Crippen molar-refractivity contribution in [1.82, 2.24) is 24.9 Å². The van der Waals surface area contributed by atoms with Crippen LogP contribution in [0.5, 0.6) is 5.75 Å². The highest BCUT2D eigenvalue weighted by Crippen LogP contribution is 2.16. The van der Waals surface area contributed by atoms with Gasteiger partial charge in [-0.05, 0) is 30.3 Å². The Morgan fingerprint density at radius 2 is 2.04 bits per heavy atom. The number of hydrogen-bond donors (Lipinski definition) is 1. The molecule has 1 aromatic carbocycles. The molecule has 1 N–H and O–H groups in total. The van der Waals surface area contributed by atoms with E-state index in [1.165, 1.54) is 15.6 Å². The number of halogens is 1. The summed E-state index contributed by atoms with van der Waals surface area (Å²) in [6.07, 6.45) is 4.11. The third-order valence-corrected chi connectivity index (χ3v) is 4.04. The SMILES string of the molecule is O=C(NCCn1cc([N+](=O)[O-])cn1)c1ccn(COc2ccc(Br)cc2)n1. The zero-order valence-corrected chi connectivity index (χ0v) is 15.6. The van der Waals surface area contributed by atoms with Gasteiger partial charge in [0.1, 0.15) is 23.8 Å². The van der Waals surface area contributed by atoms with E-state index < -0.39 is 4.92 Å². The number of carbonyl (C=O) groups excluding carboxylic acids is 1. The number of rotatable bonds is 8. The molecule has 2 heterocycles. The summed E-state index contributed by atoms with van der Waals surface area (Å²) in [7, 11) is 0. The molecule has 0 aliphatic carbocycles. The Bertz CT molecular complexity index is 937. The Labute approximate surface area is 162 Å². The summed E-state index contributed by atoms with van der Waals surface area (Å²) in [5, 5.41) is 21.3. The van der Waals surface area contributed by atoms with Crippen molar-refractivity contribution in [2.45, 2.75) is 13.3 Å². The standard InChI is InChI=1S/C16H15BrN6O4/c17-12-1-3-14(4-2-12)27-11-22-7-5-15(20-22)16(24)18-6-8-21-10-13(9-19-21)23(25)26/h1-5,7,9-10H,6,8,11H2,(H,18,24). The number of hydrogen-bond acceptors (Lipinski definition) is 6. The van der Waals surface area contributed by atoms with E-state index in [-0.39, 0.29) is 30.6 Å². The predicted molar refractivity (Wildman–Crippen MR) is 98.2 cm³/mol. The van der Waals surface area contributed by atoms with Gasteiger partial charge < -0.3 is 10.1 Å². The third-order valence-electron chi connectivity index (χ3n) is 3.51. The van der Waals surface area contributed by atoms with E-state index in [1.807, 2.05) is 24.3 Å². The molecule has 11 heteroatoms. The summed E-state index contributed by atoms with van der Waals surface area (Å²) in [5.41, 5.74) is 0.159. The number of benzene rings is 1. The van der Waals surface area contributed by atoms with E-state index in [1.54, 1.807) is 12.3 Å². The molecule has 2 aromatic heterocycles. The zero-order valence-electron chi connectivity index (χ0n) is 14.0. The van der Waals surface area contributed by atoms with Crippen LogP contribution in [-0.4, -0.2) is 36.9 Å². The maximum absolute atomic E-state index is 12.1. The van der Waals surface area contributed by atoms with Gasteiger partial charge in [0.2, 0.25) is 0 Å². The summed E-state index contributed by atoms with van der Waals surface area (Å²) in [4.78, 5) is 22.2. The van der Waals surface area contributed by atoms with E-state index in [0.717, 1.165) is 10.7 Å². The van der Waals surface area contributed by atoms with E-state index >= 15 is 0 Å². The molecule has 0 atom stereocenters. The fourth-order valence-electron chi connectivity index (χ4n) is 2.17. The van der Waals surface area contributed by atoms with E-state index in [4.69, 9.17) is 4.74 Å². The van der Waals surface area contributed by atoms with Crippen LogP contribution in [0.15, 0.2) is 53.4 Å². The summed E-state index contributed by atoms with van der Waals surface area (Å²) in [6, 6.07) is 8.96. The molecule has 0 bridgehead atoms. The summed E-state index contributed by atoms with van der Waals surface area (Å²) in [6.45, 7) is 0.749. The van der Waals surface area contributed by atoms with Gasteiger partial charge in [0.25, 0.3) is 5.91 Å². The number of nitrogens with zero attached hydrogens (tertiary/aromatic N) is 5. The van der Waals surface area contributed by atoms with E-state index in [9.17, 15) is 14.9 Å². The lowest BCUT2D eigenvalue weighted by Gasteiger charge is -2.06. The van der Waals surface area contributed by atoms with Gasteiger partial charge in [-0.2, -0.15) is 10.2 Å². The number of amides is 1. The smallest absolute Gasteiger partial charge is 0.306 e. The van der Waals surface area contributed by atoms with Crippen molar-refractivity contribution in [3.8, 4) is 5.75 Å². The second kappa shape index (κ2) is 8.45. The molecule has 0 saturated carbocycles. The molecule has 0 radical (unpaired) electrons. The summed E-state index contributed by atoms with van der Waals surface area (Å²) >= 11 is 3.35. The maximum Gasteiger partial charge on any atom is 0.306 e. The molecule has 0 spiro atoms. The fourth-order valence-corrected chi connectivity index (χ4v) is 2.43. The first-order valence-corrected chi connectivity index (χ1v) is 8.67. The van der Waals surface area contributed by atoms with Crippen LogP contribution in [0.1, 0.15) is 10.5 Å². The number of aromatic nitrogens is 4. The molecule has 27 heavy (non-hydrogen) atoms. The lowest BCUT2D eigenvalue weighted by molar-refractivity contribution is -0.385. The highest BCUT2D eigenvalue weighted by molar-refractivity contribution is 9.10. The van der Waals surface area contributed by atoms with Crippen LogP contribution >= 0.6 is 15.9 Å². The van der Waals surface area contributed by atoms with Gasteiger partial charge >= 0.3 is 5.69 Å². The normalized spacial score (nSPS) is 10.6. The maximum atomic E-state index is 12.1. The monoisotopic (exact) mass is 434 g/mol. The van der Waals surface area contributed by atoms with Gasteiger partial charge in [-0.1, -0.05) is 15.9 Å². The third kappa shape index (κ3) is 5.14. The van der Waals surface area contributed by atoms with Gasteiger partial charge in [0.15, 0.2) is 6.73 Å². The van der Waals surface area contributed by atoms with Crippen molar-refractivity contribution >= 4 is 27.5 Å². The second-order valence-electron chi connectivity index (χ2n) is 5.44. The van der Waals surface area contributed by atoms with Crippen LogP contribution in [0.4, 0.5) is 5.69 Å². The predicted octanol–water partition coefficient (Wildman–Crippen LogP) is 2.22. The number of carbonyl (C=O) groups is 1. The van der Waals surface area contributed by atoms with Crippen molar-refractivity contribution in [3.63, 3.8) is 0 Å². The average Bonchev–Trinajstić information content (AvgIpc) is 3.31. The molecule has 1 amide bonds. The molecular formula is C16H15BrN6O4. The van der Waals surface area contributed by atoms with Crippen LogP contribution < -0.4 is 10.1 Å². The molecule has 0 aliphatic rings. The van der Waals surface area contributed by atoms with E-state index in [2.05, 4.69) is 31.4 Å². The highest BCUT2D eigenvalue weighted by Gasteiger charge is 2.11. The Morgan fingerprint density at radius 3 is 2.74 bits per heavy atom. The van der Waals surface area contributed by atoms with Crippen molar-refractivity contribution in [1.29, 1.82) is 0 Å². The molecule has 0 aliphatic heterocycles. The Morgan fingerprint density at radius 1 is 1.26 bits per heavy atom. The number of ether oxygens (including phenoxy) is 1. The van der Waals surface area contributed by atoms with Gasteiger partial charge in [0.05, 0.1) is 11.5 Å². The summed E-state index contributed by atoms with van der Waals surface area (Å²) < 4.78 is 9.44. The molecule has 0 unspecified atom stereocenters. The number of nitro groups is 1. The fraction of sp³-hybridized carbons (Fsp3) is 0.188. The first kappa shape index (κ1) is 18.6. The molecule has 10 nitrogen and oxygen atoms in total. The minimum absolute atomic E-state index is 0.0918. The average molecular weight is 435 g/mol. The van der Waals surface area contributed by atoms with Crippen LogP contribution in [0.2, 0.25) is 0 Å². The first-order chi connectivity index (χ1) is 13.0. The molecule has 0 saturated heterocycles. The first-order valence-electron chi connectivity index (χ1n) is 7.88. The van der Waals surface area contributed by atoms with Crippen LogP contribution in [0.25, 0.3) is 0 Å². The van der Waals surface area contributed by atoms with Crippen molar-refractivity contribution in [3.05, 3.63) is 69.2 Å². The minimum Gasteiger partial charge on any atom is -0.471 e. The Kier molecular flexibility index (Phi) is 5.81. The van der Waals surface area contributed by atoms with Crippen LogP contribution in [0.3, 0.4) is 0 Å². The van der Waals surface area contributed by atoms with Crippen LogP contribution in [-0.2, 0) is 13.3 Å². The molecule has 3 rings (SSSR count). The van der Waals surface area contributed by atoms with Gasteiger partial charge in [-0.15, -0.1) is 0 Å². The van der Waals surface area contributed by atoms with Crippen LogP contribution in [0, 0.1) is 10.1 Å².